The number of hydrogen-bond acceptors (Lipinski definition) is 9. The third-order valence-electron chi connectivity index (χ3n) is 5.05. The van der Waals surface area contributed by atoms with Crippen molar-refractivity contribution in [1.82, 2.24) is 30.6 Å². The number of amides is 3. The maximum Gasteiger partial charge on any atom is 0.416 e. The zero-order valence-electron chi connectivity index (χ0n) is 20.6. The summed E-state index contributed by atoms with van der Waals surface area (Å²) in [6.45, 7) is 5.40. The molecule has 0 spiro atoms. The summed E-state index contributed by atoms with van der Waals surface area (Å²) in [5, 5.41) is 11.2. The quantitative estimate of drug-likeness (QED) is 0.281. The summed E-state index contributed by atoms with van der Waals surface area (Å²) < 4.78 is 39.4. The Morgan fingerprint density at radius 1 is 1.00 bits per heavy atom. The Morgan fingerprint density at radius 3 is 2.47 bits per heavy atom. The molecule has 3 aromatic heterocycles. The normalized spacial score (nSPS) is 11.9. The van der Waals surface area contributed by atoms with Crippen LogP contribution in [0.5, 0.6) is 0 Å². The zero-order chi connectivity index (χ0) is 27.9. The molecule has 0 aromatic carbocycles. The van der Waals surface area contributed by atoms with Gasteiger partial charge in [0.15, 0.2) is 0 Å². The Morgan fingerprint density at radius 2 is 1.76 bits per heavy atom. The highest BCUT2D eigenvalue weighted by atomic mass is 32.1. The molecule has 0 fully saturated rings. The molecule has 1 atom stereocenters. The second-order valence-corrected chi connectivity index (χ2v) is 9.21. The Labute approximate surface area is 219 Å². The third-order valence-corrected chi connectivity index (χ3v) is 6.23. The number of aromatic nitrogens is 4. The third kappa shape index (κ3) is 7.93. The molecule has 38 heavy (non-hydrogen) atoms. The average molecular weight is 551 g/mol. The lowest BCUT2D eigenvalue weighted by molar-refractivity contribution is -0.138. The predicted molar refractivity (Wildman–Crippen MR) is 134 cm³/mol. The number of carbonyl (C=O) groups is 3. The summed E-state index contributed by atoms with van der Waals surface area (Å²) in [4.78, 5) is 52.3. The van der Waals surface area contributed by atoms with Crippen LogP contribution in [0.1, 0.15) is 62.6 Å². The van der Waals surface area contributed by atoms with Crippen LogP contribution in [0.15, 0.2) is 30.9 Å². The topological polar surface area (TPSA) is 151 Å². The van der Waals surface area contributed by atoms with E-state index < -0.39 is 29.6 Å². The molecule has 0 aliphatic heterocycles. The number of rotatable bonds is 10. The molecule has 3 aromatic rings. The molecule has 0 radical (unpaired) electrons. The fourth-order valence-electron chi connectivity index (χ4n) is 3.15. The number of hydrogen-bond donors (Lipinski definition) is 4. The first-order chi connectivity index (χ1) is 17.9. The minimum absolute atomic E-state index is 0.0614. The van der Waals surface area contributed by atoms with Crippen LogP contribution in [0.2, 0.25) is 0 Å². The van der Waals surface area contributed by atoms with Gasteiger partial charge in [-0.1, -0.05) is 0 Å². The molecule has 0 aliphatic rings. The smallest absolute Gasteiger partial charge is 0.370 e. The van der Waals surface area contributed by atoms with Crippen molar-refractivity contribution in [3.05, 3.63) is 57.6 Å². The first-order valence-corrected chi connectivity index (χ1v) is 12.2. The van der Waals surface area contributed by atoms with Crippen LogP contribution in [0, 0.1) is 6.92 Å². The Balaban J connectivity index is 1.58. The monoisotopic (exact) mass is 550 g/mol. The van der Waals surface area contributed by atoms with E-state index in [1.54, 1.807) is 6.92 Å². The van der Waals surface area contributed by atoms with E-state index >= 15 is 0 Å². The summed E-state index contributed by atoms with van der Waals surface area (Å²) in [6, 6.07) is 1.66. The van der Waals surface area contributed by atoms with Crippen molar-refractivity contribution >= 4 is 40.7 Å². The van der Waals surface area contributed by atoms with Gasteiger partial charge in [-0.3, -0.25) is 14.4 Å². The van der Waals surface area contributed by atoms with Crippen molar-refractivity contribution < 1.29 is 27.6 Å². The molecule has 0 aliphatic carbocycles. The van der Waals surface area contributed by atoms with Gasteiger partial charge < -0.3 is 21.3 Å². The van der Waals surface area contributed by atoms with E-state index in [0.29, 0.717) is 30.3 Å². The van der Waals surface area contributed by atoms with Gasteiger partial charge in [0, 0.05) is 32.3 Å². The summed E-state index contributed by atoms with van der Waals surface area (Å²) in [5.74, 6) is -1.09. The largest absolute Gasteiger partial charge is 0.416 e. The van der Waals surface area contributed by atoms with Gasteiger partial charge in [0.1, 0.15) is 33.5 Å². The summed E-state index contributed by atoms with van der Waals surface area (Å²) in [6.07, 6.45) is -0.374. The lowest BCUT2D eigenvalue weighted by Crippen LogP contribution is -2.27. The number of anilines is 2. The van der Waals surface area contributed by atoms with Gasteiger partial charge in [0.2, 0.25) is 5.91 Å². The van der Waals surface area contributed by atoms with Crippen LogP contribution in [0.4, 0.5) is 24.8 Å². The van der Waals surface area contributed by atoms with Crippen molar-refractivity contribution in [2.45, 2.75) is 39.4 Å². The SMILES string of the molecule is CC(=O)NCCCNc1cc(C(=O)NC(C)c2ncc(C(=O)Nc3cc(C(F)(F)F)c(C)cn3)s2)ncn1. The molecular weight excluding hydrogens is 525 g/mol. The minimum Gasteiger partial charge on any atom is -0.370 e. The summed E-state index contributed by atoms with van der Waals surface area (Å²) in [5.41, 5.74) is -0.845. The molecule has 202 valence electrons. The maximum absolute atomic E-state index is 13.1. The van der Waals surface area contributed by atoms with Gasteiger partial charge in [0.25, 0.3) is 11.8 Å². The van der Waals surface area contributed by atoms with Crippen molar-refractivity contribution in [2.75, 3.05) is 23.7 Å². The van der Waals surface area contributed by atoms with Gasteiger partial charge in [-0.25, -0.2) is 19.9 Å². The van der Waals surface area contributed by atoms with Crippen LogP contribution in [0.3, 0.4) is 0 Å². The van der Waals surface area contributed by atoms with Crippen molar-refractivity contribution in [1.29, 1.82) is 0 Å². The van der Waals surface area contributed by atoms with Crippen LogP contribution in [-0.4, -0.2) is 50.7 Å². The predicted octanol–water partition coefficient (Wildman–Crippen LogP) is 3.34. The lowest BCUT2D eigenvalue weighted by Gasteiger charge is -2.12. The van der Waals surface area contributed by atoms with Gasteiger partial charge >= 0.3 is 6.18 Å². The summed E-state index contributed by atoms with van der Waals surface area (Å²) in [7, 11) is 0. The number of nitrogens with zero attached hydrogens (tertiary/aromatic N) is 4. The molecule has 0 bridgehead atoms. The summed E-state index contributed by atoms with van der Waals surface area (Å²) >= 11 is 0.976. The van der Waals surface area contributed by atoms with E-state index in [0.717, 1.165) is 23.6 Å². The van der Waals surface area contributed by atoms with E-state index in [1.807, 2.05) is 0 Å². The highest BCUT2D eigenvalue weighted by Crippen LogP contribution is 2.32. The second-order valence-electron chi connectivity index (χ2n) is 8.15. The van der Waals surface area contributed by atoms with Crippen molar-refractivity contribution in [3.63, 3.8) is 0 Å². The molecule has 1 unspecified atom stereocenters. The van der Waals surface area contributed by atoms with Crippen LogP contribution in [0.25, 0.3) is 0 Å². The number of alkyl halides is 3. The fraction of sp³-hybridized carbons (Fsp3) is 0.348. The zero-order valence-corrected chi connectivity index (χ0v) is 21.5. The van der Waals surface area contributed by atoms with Crippen LogP contribution < -0.4 is 21.3 Å². The number of halogens is 3. The van der Waals surface area contributed by atoms with E-state index in [4.69, 9.17) is 0 Å². The molecule has 4 N–H and O–H groups in total. The van der Waals surface area contributed by atoms with Gasteiger partial charge in [-0.05, 0) is 31.9 Å². The first-order valence-electron chi connectivity index (χ1n) is 11.4. The highest BCUT2D eigenvalue weighted by molar-refractivity contribution is 7.13. The highest BCUT2D eigenvalue weighted by Gasteiger charge is 2.33. The first kappa shape index (κ1) is 28.4. The Bertz CT molecular complexity index is 1320. The second kappa shape index (κ2) is 12.4. The number of thiazole rings is 1. The molecule has 3 amide bonds. The standard InChI is InChI=1S/C23H25F3N8O3S/c1-12-9-29-19(7-15(12)23(24,25)26)34-21(37)17-10-30-22(38-17)13(2)33-20(36)16-8-18(32-11-31-16)28-6-4-5-27-14(3)35/h7-11,13H,4-6H2,1-3H3,(H,27,35)(H,33,36)(H,28,31,32)(H,29,34,37). The van der Waals surface area contributed by atoms with Crippen molar-refractivity contribution in [2.24, 2.45) is 0 Å². The van der Waals surface area contributed by atoms with Gasteiger partial charge in [-0.2, -0.15) is 13.2 Å². The molecule has 15 heteroatoms. The number of aryl methyl sites for hydroxylation is 1. The minimum atomic E-state index is -4.58. The number of nitrogens with one attached hydrogen (secondary N) is 4. The van der Waals surface area contributed by atoms with Crippen LogP contribution in [-0.2, 0) is 11.0 Å². The Hall–Kier alpha value is -4.14. The van der Waals surface area contributed by atoms with E-state index in [1.165, 1.54) is 32.4 Å². The maximum atomic E-state index is 13.1. The van der Waals surface area contributed by atoms with Gasteiger partial charge in [-0.15, -0.1) is 11.3 Å². The molecule has 3 rings (SSSR count). The van der Waals surface area contributed by atoms with E-state index in [-0.39, 0.29) is 27.9 Å². The number of carbonyl (C=O) groups excluding carboxylic acids is 3. The van der Waals surface area contributed by atoms with Gasteiger partial charge in [0.05, 0.1) is 17.8 Å². The van der Waals surface area contributed by atoms with E-state index in [9.17, 15) is 27.6 Å². The average Bonchev–Trinajstić information content (AvgIpc) is 3.35. The van der Waals surface area contributed by atoms with E-state index in [2.05, 4.69) is 41.2 Å². The molecule has 0 saturated carbocycles. The molecular formula is C23H25F3N8O3S. The fourth-order valence-corrected chi connectivity index (χ4v) is 3.96. The number of pyridine rings is 1. The molecule has 0 saturated heterocycles. The molecule has 11 nitrogen and oxygen atoms in total. The van der Waals surface area contributed by atoms with Crippen LogP contribution >= 0.6 is 11.3 Å². The lowest BCUT2D eigenvalue weighted by atomic mass is 10.1. The molecule has 3 heterocycles. The van der Waals surface area contributed by atoms with Crippen molar-refractivity contribution in [3.8, 4) is 0 Å². The Kier molecular flexibility index (Phi) is 9.28.